The lowest BCUT2D eigenvalue weighted by atomic mass is 10.2. The smallest absolute Gasteiger partial charge is 0.335 e. The van der Waals surface area contributed by atoms with Crippen LogP contribution >= 0.6 is 22.9 Å². The third-order valence-electron chi connectivity index (χ3n) is 2.70. The molecule has 0 spiro atoms. The fourth-order valence-electron chi connectivity index (χ4n) is 1.67. The predicted octanol–water partition coefficient (Wildman–Crippen LogP) is 2.89. The second-order valence-corrected chi connectivity index (χ2v) is 7.80. The van der Waals surface area contributed by atoms with Crippen molar-refractivity contribution in [3.8, 4) is 0 Å². The first kappa shape index (κ1) is 16.0. The first-order valence-electron chi connectivity index (χ1n) is 5.87. The Hall–Kier alpha value is -1.41. The first-order chi connectivity index (χ1) is 9.79. The first-order valence-corrected chi connectivity index (χ1v) is 8.55. The molecule has 2 aromatic rings. The van der Waals surface area contributed by atoms with E-state index in [1.165, 1.54) is 23.5 Å². The lowest BCUT2D eigenvalue weighted by Gasteiger charge is -2.08. The van der Waals surface area contributed by atoms with E-state index in [0.717, 1.165) is 15.8 Å². The monoisotopic (exact) mass is 345 g/mol. The molecule has 0 unspecified atom stereocenters. The van der Waals surface area contributed by atoms with Crippen molar-refractivity contribution in [2.45, 2.75) is 18.4 Å². The topological polar surface area (TPSA) is 83.5 Å². The van der Waals surface area contributed by atoms with Gasteiger partial charge in [-0.2, -0.15) is 0 Å². The molecule has 1 heterocycles. The van der Waals surface area contributed by atoms with E-state index in [-0.39, 0.29) is 22.0 Å². The number of carbonyl (C=O) groups is 1. The van der Waals surface area contributed by atoms with Crippen LogP contribution in [-0.2, 0) is 16.6 Å². The summed E-state index contributed by atoms with van der Waals surface area (Å²) in [6, 6.07) is 7.29. The summed E-state index contributed by atoms with van der Waals surface area (Å²) in [5.41, 5.74) is -0.133. The molecule has 0 saturated carbocycles. The van der Waals surface area contributed by atoms with Crippen LogP contribution in [0.3, 0.4) is 0 Å². The lowest BCUT2D eigenvalue weighted by Crippen LogP contribution is -2.23. The van der Waals surface area contributed by atoms with Gasteiger partial charge < -0.3 is 5.11 Å². The van der Waals surface area contributed by atoms with Gasteiger partial charge in [-0.1, -0.05) is 11.6 Å². The fraction of sp³-hybridized carbons (Fsp3) is 0.154. The number of thiophene rings is 1. The minimum Gasteiger partial charge on any atom is -0.478 e. The lowest BCUT2D eigenvalue weighted by molar-refractivity contribution is 0.0696. The van der Waals surface area contributed by atoms with Crippen LogP contribution in [0.5, 0.6) is 0 Å². The molecule has 21 heavy (non-hydrogen) atoms. The van der Waals surface area contributed by atoms with Crippen LogP contribution in [0.1, 0.15) is 20.1 Å². The molecule has 1 aromatic heterocycles. The minimum absolute atomic E-state index is 0.0186. The van der Waals surface area contributed by atoms with Crippen molar-refractivity contribution in [3.63, 3.8) is 0 Å². The highest BCUT2D eigenvalue weighted by molar-refractivity contribution is 7.89. The molecule has 0 bridgehead atoms. The van der Waals surface area contributed by atoms with Crippen LogP contribution in [0.15, 0.2) is 35.2 Å². The number of carboxylic acids is 1. The molecule has 1 aromatic carbocycles. The van der Waals surface area contributed by atoms with Crippen LogP contribution in [0, 0.1) is 6.92 Å². The van der Waals surface area contributed by atoms with Crippen molar-refractivity contribution < 1.29 is 18.3 Å². The Labute approximate surface area is 131 Å². The van der Waals surface area contributed by atoms with Crippen LogP contribution in [-0.4, -0.2) is 19.5 Å². The van der Waals surface area contributed by atoms with E-state index >= 15 is 0 Å². The molecule has 0 atom stereocenters. The van der Waals surface area contributed by atoms with Gasteiger partial charge in [0.05, 0.1) is 10.6 Å². The van der Waals surface area contributed by atoms with Crippen molar-refractivity contribution in [2.75, 3.05) is 0 Å². The Morgan fingerprint density at radius 2 is 2.05 bits per heavy atom. The summed E-state index contributed by atoms with van der Waals surface area (Å²) in [6.07, 6.45) is 0. The van der Waals surface area contributed by atoms with Crippen LogP contribution in [0.25, 0.3) is 0 Å². The number of nitrogens with one attached hydrogen (secondary N) is 1. The average Bonchev–Trinajstić information content (AvgIpc) is 2.82. The molecule has 2 rings (SSSR count). The van der Waals surface area contributed by atoms with E-state index in [1.807, 2.05) is 19.1 Å². The number of sulfonamides is 1. The number of benzene rings is 1. The highest BCUT2D eigenvalue weighted by Crippen LogP contribution is 2.23. The van der Waals surface area contributed by atoms with E-state index in [2.05, 4.69) is 4.72 Å². The van der Waals surface area contributed by atoms with Crippen molar-refractivity contribution in [3.05, 3.63) is 50.7 Å². The number of rotatable bonds is 5. The van der Waals surface area contributed by atoms with E-state index in [9.17, 15) is 13.2 Å². The second-order valence-electron chi connectivity index (χ2n) is 4.29. The molecule has 0 radical (unpaired) electrons. The van der Waals surface area contributed by atoms with Crippen molar-refractivity contribution >= 4 is 38.9 Å². The molecule has 0 fully saturated rings. The summed E-state index contributed by atoms with van der Waals surface area (Å²) in [7, 11) is -3.87. The van der Waals surface area contributed by atoms with Gasteiger partial charge in [0.1, 0.15) is 4.90 Å². The highest BCUT2D eigenvalue weighted by atomic mass is 35.5. The highest BCUT2D eigenvalue weighted by Gasteiger charge is 2.20. The van der Waals surface area contributed by atoms with Gasteiger partial charge in [0.25, 0.3) is 0 Å². The van der Waals surface area contributed by atoms with Crippen molar-refractivity contribution in [2.24, 2.45) is 0 Å². The Bertz CT molecular complexity index is 783. The molecule has 2 N–H and O–H groups in total. The maximum atomic E-state index is 12.2. The van der Waals surface area contributed by atoms with Gasteiger partial charge in [0.2, 0.25) is 10.0 Å². The average molecular weight is 346 g/mol. The third-order valence-corrected chi connectivity index (χ3v) is 5.58. The maximum Gasteiger partial charge on any atom is 0.335 e. The Balaban J connectivity index is 2.26. The summed E-state index contributed by atoms with van der Waals surface area (Å²) in [5, 5.41) is 8.90. The molecule has 0 aliphatic rings. The fourth-order valence-corrected chi connectivity index (χ4v) is 4.12. The Kier molecular flexibility index (Phi) is 4.67. The van der Waals surface area contributed by atoms with Gasteiger partial charge in [-0.05, 0) is 37.3 Å². The zero-order valence-corrected chi connectivity index (χ0v) is 13.3. The summed E-state index contributed by atoms with van der Waals surface area (Å²) in [6.45, 7) is 2.06. The zero-order valence-electron chi connectivity index (χ0n) is 11.0. The molecule has 0 aliphatic heterocycles. The van der Waals surface area contributed by atoms with Gasteiger partial charge in [0, 0.05) is 16.3 Å². The van der Waals surface area contributed by atoms with Crippen LogP contribution < -0.4 is 4.72 Å². The van der Waals surface area contributed by atoms with E-state index in [0.29, 0.717) is 0 Å². The molecule has 0 aliphatic carbocycles. The molecule has 0 saturated heterocycles. The standard InChI is InChI=1S/C13H12ClNO4S2/c1-8-2-4-10(20-8)7-15-21(18,19)12-6-9(13(16)17)3-5-11(12)14/h2-6,15H,7H2,1H3,(H,16,17). The van der Waals surface area contributed by atoms with Gasteiger partial charge >= 0.3 is 5.97 Å². The number of aromatic carboxylic acids is 1. The van der Waals surface area contributed by atoms with Gasteiger partial charge in [-0.3, -0.25) is 0 Å². The molecule has 0 amide bonds. The molecule has 8 heteroatoms. The normalized spacial score (nSPS) is 11.5. The van der Waals surface area contributed by atoms with Crippen LogP contribution in [0.2, 0.25) is 5.02 Å². The Morgan fingerprint density at radius 1 is 1.33 bits per heavy atom. The molecule has 112 valence electrons. The van der Waals surface area contributed by atoms with Crippen LogP contribution in [0.4, 0.5) is 0 Å². The Morgan fingerprint density at radius 3 is 2.62 bits per heavy atom. The quantitative estimate of drug-likeness (QED) is 0.872. The number of hydrogen-bond donors (Lipinski definition) is 2. The molecule has 5 nitrogen and oxygen atoms in total. The predicted molar refractivity (Wildman–Crippen MR) is 81.5 cm³/mol. The number of carboxylic acid groups (broad SMARTS) is 1. The number of aryl methyl sites for hydroxylation is 1. The van der Waals surface area contributed by atoms with Crippen molar-refractivity contribution in [1.29, 1.82) is 0 Å². The molecular weight excluding hydrogens is 334 g/mol. The number of hydrogen-bond acceptors (Lipinski definition) is 4. The van der Waals surface area contributed by atoms with E-state index in [1.54, 1.807) is 0 Å². The minimum atomic E-state index is -3.87. The summed E-state index contributed by atoms with van der Waals surface area (Å²) < 4.78 is 26.9. The maximum absolute atomic E-state index is 12.2. The van der Waals surface area contributed by atoms with Gasteiger partial charge in [-0.25, -0.2) is 17.9 Å². The third kappa shape index (κ3) is 3.82. The second kappa shape index (κ2) is 6.15. The van der Waals surface area contributed by atoms with Gasteiger partial charge in [-0.15, -0.1) is 11.3 Å². The SMILES string of the molecule is Cc1ccc(CNS(=O)(=O)c2cc(C(=O)O)ccc2Cl)s1. The summed E-state index contributed by atoms with van der Waals surface area (Å²) >= 11 is 7.34. The van der Waals surface area contributed by atoms with E-state index < -0.39 is 16.0 Å². The zero-order chi connectivity index (χ0) is 15.6. The van der Waals surface area contributed by atoms with Crippen molar-refractivity contribution in [1.82, 2.24) is 4.72 Å². The summed E-state index contributed by atoms with van der Waals surface area (Å²) in [5.74, 6) is -1.21. The largest absolute Gasteiger partial charge is 0.478 e. The molecular formula is C13H12ClNO4S2. The van der Waals surface area contributed by atoms with Gasteiger partial charge in [0.15, 0.2) is 0 Å². The number of halogens is 1. The summed E-state index contributed by atoms with van der Waals surface area (Å²) in [4.78, 5) is 12.6. The van der Waals surface area contributed by atoms with E-state index in [4.69, 9.17) is 16.7 Å².